The third-order valence-corrected chi connectivity index (χ3v) is 12.5. The smallest absolute Gasteiger partial charge is 0.305 e. The standard InChI is InChI=1S/C59H107NO5/c1-3-5-7-9-11-13-15-17-19-21-25-29-33-37-41-45-49-53-59(64)65-54-50-46-42-38-34-30-26-22-24-28-32-36-40-44-48-52-58(63)60-56(55-61)57(62)51-47-43-39-35-31-27-23-20-18-16-14-12-10-8-6-4-2/h11,13,17,19,22,26,30,34,47,51,56-57,61-62H,3-10,12,14-16,18,20-21,23-25,27-29,31-33,35-46,48-50,52-55H2,1-2H3,(H,60,63)/b13-11-,19-17-,26-22-,34-30-,51-47+. The first-order chi connectivity index (χ1) is 32.0. The van der Waals surface area contributed by atoms with Gasteiger partial charge in [0.1, 0.15) is 0 Å². The summed E-state index contributed by atoms with van der Waals surface area (Å²) in [4.78, 5) is 24.5. The van der Waals surface area contributed by atoms with Gasteiger partial charge in [-0.05, 0) is 96.3 Å². The lowest BCUT2D eigenvalue weighted by Gasteiger charge is -2.20. The number of ether oxygens (including phenoxy) is 1. The van der Waals surface area contributed by atoms with Crippen molar-refractivity contribution in [2.24, 2.45) is 0 Å². The molecule has 0 aromatic carbocycles. The predicted octanol–water partition coefficient (Wildman–Crippen LogP) is 17.2. The van der Waals surface area contributed by atoms with Gasteiger partial charge in [-0.3, -0.25) is 9.59 Å². The van der Waals surface area contributed by atoms with E-state index in [1.807, 2.05) is 6.08 Å². The van der Waals surface area contributed by atoms with E-state index in [1.54, 1.807) is 6.08 Å². The van der Waals surface area contributed by atoms with Gasteiger partial charge in [0, 0.05) is 12.8 Å². The minimum atomic E-state index is -0.860. The van der Waals surface area contributed by atoms with Crippen LogP contribution in [0.2, 0.25) is 0 Å². The molecule has 0 aromatic rings. The first kappa shape index (κ1) is 62.6. The van der Waals surface area contributed by atoms with Crippen LogP contribution in [0.25, 0.3) is 0 Å². The van der Waals surface area contributed by atoms with Gasteiger partial charge in [0.15, 0.2) is 0 Å². The van der Waals surface area contributed by atoms with E-state index in [0.717, 1.165) is 83.5 Å². The molecule has 0 spiro atoms. The molecule has 3 N–H and O–H groups in total. The van der Waals surface area contributed by atoms with E-state index in [1.165, 1.54) is 167 Å². The number of aliphatic hydroxyl groups excluding tert-OH is 2. The van der Waals surface area contributed by atoms with Crippen molar-refractivity contribution < 1.29 is 24.5 Å². The quantitative estimate of drug-likeness (QED) is 0.0245. The second-order valence-electron chi connectivity index (χ2n) is 18.9. The highest BCUT2D eigenvalue weighted by molar-refractivity contribution is 5.76. The van der Waals surface area contributed by atoms with Gasteiger partial charge in [0.2, 0.25) is 5.91 Å². The molecule has 6 heteroatoms. The van der Waals surface area contributed by atoms with E-state index in [-0.39, 0.29) is 18.5 Å². The van der Waals surface area contributed by atoms with Gasteiger partial charge in [0.05, 0.1) is 25.4 Å². The molecule has 0 aromatic heterocycles. The number of carbonyl (C=O) groups is 2. The van der Waals surface area contributed by atoms with Crippen LogP contribution >= 0.6 is 0 Å². The molecule has 0 aliphatic heterocycles. The van der Waals surface area contributed by atoms with Crippen LogP contribution in [0.5, 0.6) is 0 Å². The Kier molecular flexibility index (Phi) is 52.1. The molecule has 65 heavy (non-hydrogen) atoms. The van der Waals surface area contributed by atoms with Crippen LogP contribution in [0, 0.1) is 0 Å². The van der Waals surface area contributed by atoms with Crippen molar-refractivity contribution in [1.82, 2.24) is 5.32 Å². The number of hydrogen-bond acceptors (Lipinski definition) is 5. The minimum Gasteiger partial charge on any atom is -0.466 e. The number of nitrogens with one attached hydrogen (secondary N) is 1. The average molecular weight is 911 g/mol. The van der Waals surface area contributed by atoms with Crippen molar-refractivity contribution in [1.29, 1.82) is 0 Å². The number of unbranched alkanes of at least 4 members (excludes halogenated alkanes) is 33. The summed E-state index contributed by atoms with van der Waals surface area (Å²) >= 11 is 0. The summed E-state index contributed by atoms with van der Waals surface area (Å²) in [5.41, 5.74) is 0. The lowest BCUT2D eigenvalue weighted by Crippen LogP contribution is -2.45. The Labute approximate surface area is 403 Å². The second kappa shape index (κ2) is 54.2. The monoisotopic (exact) mass is 910 g/mol. The number of allylic oxidation sites excluding steroid dienone is 9. The number of rotatable bonds is 51. The van der Waals surface area contributed by atoms with Crippen LogP contribution in [0.3, 0.4) is 0 Å². The van der Waals surface area contributed by atoms with E-state index in [0.29, 0.717) is 19.4 Å². The molecule has 0 aliphatic carbocycles. The van der Waals surface area contributed by atoms with E-state index >= 15 is 0 Å². The average Bonchev–Trinajstić information content (AvgIpc) is 3.31. The van der Waals surface area contributed by atoms with Gasteiger partial charge in [0.25, 0.3) is 0 Å². The van der Waals surface area contributed by atoms with Crippen molar-refractivity contribution in [3.8, 4) is 0 Å². The highest BCUT2D eigenvalue weighted by atomic mass is 16.5. The molecular formula is C59H107NO5. The maximum atomic E-state index is 12.4. The van der Waals surface area contributed by atoms with E-state index in [4.69, 9.17) is 4.74 Å². The lowest BCUT2D eigenvalue weighted by atomic mass is 10.0. The molecule has 6 nitrogen and oxygen atoms in total. The number of aliphatic hydroxyl groups is 2. The highest BCUT2D eigenvalue weighted by Crippen LogP contribution is 2.15. The van der Waals surface area contributed by atoms with Crippen molar-refractivity contribution >= 4 is 11.9 Å². The summed E-state index contributed by atoms with van der Waals surface area (Å²) in [6, 6.07) is -0.646. The van der Waals surface area contributed by atoms with E-state index in [2.05, 4.69) is 67.8 Å². The number of esters is 1. The Morgan fingerprint density at radius 1 is 0.446 bits per heavy atom. The third kappa shape index (κ3) is 50.8. The summed E-state index contributed by atoms with van der Waals surface area (Å²) < 4.78 is 5.45. The molecule has 0 saturated carbocycles. The fraction of sp³-hybridized carbons (Fsp3) is 0.797. The topological polar surface area (TPSA) is 95.9 Å². The summed E-state index contributed by atoms with van der Waals surface area (Å²) in [5, 5.41) is 23.1. The van der Waals surface area contributed by atoms with Crippen molar-refractivity contribution in [3.63, 3.8) is 0 Å². The molecule has 0 heterocycles. The van der Waals surface area contributed by atoms with Gasteiger partial charge in [-0.1, -0.05) is 229 Å². The maximum absolute atomic E-state index is 12.4. The molecule has 0 rings (SSSR count). The van der Waals surface area contributed by atoms with Crippen molar-refractivity contribution in [2.45, 2.75) is 289 Å². The fourth-order valence-electron chi connectivity index (χ4n) is 8.18. The Hall–Kier alpha value is -2.44. The van der Waals surface area contributed by atoms with Gasteiger partial charge in [-0.25, -0.2) is 0 Å². The number of hydrogen-bond donors (Lipinski definition) is 3. The Balaban J connectivity index is 3.56. The maximum Gasteiger partial charge on any atom is 0.305 e. The van der Waals surface area contributed by atoms with Gasteiger partial charge >= 0.3 is 5.97 Å². The molecule has 0 aliphatic rings. The summed E-state index contributed by atoms with van der Waals surface area (Å²) in [6.07, 6.45) is 69.4. The molecular weight excluding hydrogens is 803 g/mol. The first-order valence-corrected chi connectivity index (χ1v) is 28.1. The van der Waals surface area contributed by atoms with E-state index < -0.39 is 12.1 Å². The zero-order valence-electron chi connectivity index (χ0n) is 43.0. The number of amides is 1. The molecule has 1 amide bonds. The van der Waals surface area contributed by atoms with Gasteiger partial charge in [-0.2, -0.15) is 0 Å². The molecule has 378 valence electrons. The molecule has 0 saturated heterocycles. The van der Waals surface area contributed by atoms with Crippen LogP contribution in [-0.2, 0) is 14.3 Å². The SMILES string of the molecule is CCCCC/C=C\C/C=C\CCCCCCCCCC(=O)OCCCCC/C=C\C=C/CCCCCCCCC(=O)NC(CO)C(O)/C=C/CCCCCCCCCCCCCCCC. The first-order valence-electron chi connectivity index (χ1n) is 28.1. The molecule has 2 unspecified atom stereocenters. The Morgan fingerprint density at radius 2 is 0.815 bits per heavy atom. The zero-order chi connectivity index (χ0) is 47.2. The molecule has 2 atom stereocenters. The van der Waals surface area contributed by atoms with Crippen molar-refractivity contribution in [2.75, 3.05) is 13.2 Å². The van der Waals surface area contributed by atoms with Gasteiger partial charge < -0.3 is 20.3 Å². The third-order valence-electron chi connectivity index (χ3n) is 12.5. The summed E-state index contributed by atoms with van der Waals surface area (Å²) in [6.45, 7) is 4.81. The molecule has 0 bridgehead atoms. The summed E-state index contributed by atoms with van der Waals surface area (Å²) in [7, 11) is 0. The van der Waals surface area contributed by atoms with Crippen LogP contribution in [0.4, 0.5) is 0 Å². The normalized spacial score (nSPS) is 13.1. The number of carbonyl (C=O) groups excluding carboxylic acids is 2. The van der Waals surface area contributed by atoms with Crippen LogP contribution in [-0.4, -0.2) is 47.4 Å². The summed E-state index contributed by atoms with van der Waals surface area (Å²) in [5.74, 6) is -0.123. The lowest BCUT2D eigenvalue weighted by molar-refractivity contribution is -0.143. The highest BCUT2D eigenvalue weighted by Gasteiger charge is 2.18. The largest absolute Gasteiger partial charge is 0.466 e. The van der Waals surface area contributed by atoms with Crippen LogP contribution in [0.1, 0.15) is 277 Å². The predicted molar refractivity (Wildman–Crippen MR) is 282 cm³/mol. The second-order valence-corrected chi connectivity index (χ2v) is 18.9. The van der Waals surface area contributed by atoms with Crippen LogP contribution in [0.15, 0.2) is 60.8 Å². The van der Waals surface area contributed by atoms with Gasteiger partial charge in [-0.15, -0.1) is 0 Å². The Bertz CT molecular complexity index is 1140. The van der Waals surface area contributed by atoms with Crippen LogP contribution < -0.4 is 5.32 Å². The fourth-order valence-corrected chi connectivity index (χ4v) is 8.18. The van der Waals surface area contributed by atoms with E-state index in [9.17, 15) is 19.8 Å². The van der Waals surface area contributed by atoms with Crippen molar-refractivity contribution in [3.05, 3.63) is 60.8 Å². The Morgan fingerprint density at radius 3 is 1.29 bits per heavy atom. The minimum absolute atomic E-state index is 0.0314. The molecule has 0 radical (unpaired) electrons. The molecule has 0 fully saturated rings. The zero-order valence-corrected chi connectivity index (χ0v) is 43.0.